The van der Waals surface area contributed by atoms with E-state index in [0.717, 1.165) is 11.4 Å². The molecular weight excluding hydrogens is 290 g/mol. The fourth-order valence-electron chi connectivity index (χ4n) is 2.28. The second kappa shape index (κ2) is 6.34. The van der Waals surface area contributed by atoms with Crippen molar-refractivity contribution in [1.29, 1.82) is 0 Å². The maximum Gasteiger partial charge on any atom is 0.321 e. The zero-order valence-electron chi connectivity index (χ0n) is 12.3. The molecule has 1 saturated heterocycles. The molecule has 116 valence electrons. The average Bonchev–Trinajstić information content (AvgIpc) is 2.85. The van der Waals surface area contributed by atoms with Gasteiger partial charge in [0, 0.05) is 36.3 Å². The summed E-state index contributed by atoms with van der Waals surface area (Å²) in [6.45, 7) is 4.81. The molecule has 1 unspecified atom stereocenters. The van der Waals surface area contributed by atoms with E-state index < -0.39 is 9.84 Å². The Balaban J connectivity index is 1.98. The molecule has 0 radical (unpaired) electrons. The monoisotopic (exact) mass is 311 g/mol. The highest BCUT2D eigenvalue weighted by Gasteiger charge is 2.20. The molecule has 1 aliphatic rings. The third-order valence-corrected chi connectivity index (χ3v) is 5.28. The van der Waals surface area contributed by atoms with Gasteiger partial charge >= 0.3 is 6.03 Å². The Hall–Kier alpha value is -1.76. The van der Waals surface area contributed by atoms with Crippen molar-refractivity contribution in [3.63, 3.8) is 0 Å². The van der Waals surface area contributed by atoms with E-state index in [1.807, 2.05) is 31.2 Å². The average molecular weight is 311 g/mol. The first-order chi connectivity index (χ1) is 9.91. The molecule has 0 aliphatic carbocycles. The lowest BCUT2D eigenvalue weighted by molar-refractivity contribution is 0.252. The molecule has 1 fully saturated rings. The number of hydrogen-bond acceptors (Lipinski definition) is 4. The molecular formula is C14H21N3O3S. The molecule has 2 N–H and O–H groups in total. The minimum atomic E-state index is -2.99. The van der Waals surface area contributed by atoms with Crippen LogP contribution in [0.2, 0.25) is 0 Å². The molecule has 0 spiro atoms. The van der Waals surface area contributed by atoms with E-state index >= 15 is 0 Å². The molecule has 1 aliphatic heterocycles. The molecule has 1 aromatic carbocycles. The van der Waals surface area contributed by atoms with Crippen LogP contribution in [0.5, 0.6) is 0 Å². The van der Waals surface area contributed by atoms with Crippen molar-refractivity contribution in [3.8, 4) is 0 Å². The van der Waals surface area contributed by atoms with Gasteiger partial charge in [0.25, 0.3) is 0 Å². The number of amides is 2. The summed E-state index contributed by atoms with van der Waals surface area (Å²) in [5.74, 6) is 0.266. The number of sulfone groups is 1. The number of rotatable bonds is 6. The number of carbonyl (C=O) groups excluding carboxylic acids is 1. The highest BCUT2D eigenvalue weighted by molar-refractivity contribution is 7.91. The highest BCUT2D eigenvalue weighted by Crippen LogP contribution is 2.20. The number of hydrogen-bond donors (Lipinski definition) is 2. The number of nitrogens with one attached hydrogen (secondary N) is 2. The number of anilines is 2. The molecule has 6 nitrogen and oxygen atoms in total. The van der Waals surface area contributed by atoms with E-state index in [9.17, 15) is 13.2 Å². The van der Waals surface area contributed by atoms with E-state index in [1.165, 1.54) is 0 Å². The van der Waals surface area contributed by atoms with Gasteiger partial charge in [0.2, 0.25) is 0 Å². The lowest BCUT2D eigenvalue weighted by Crippen LogP contribution is -2.28. The van der Waals surface area contributed by atoms with Crippen LogP contribution in [0.15, 0.2) is 24.3 Å². The van der Waals surface area contributed by atoms with Crippen molar-refractivity contribution in [2.45, 2.75) is 19.9 Å². The Bertz CT molecular complexity index is 598. The topological polar surface area (TPSA) is 78.5 Å². The number of nitrogens with zero attached hydrogens (tertiary/aromatic N) is 1. The maximum absolute atomic E-state index is 11.6. The third kappa shape index (κ3) is 4.10. The van der Waals surface area contributed by atoms with Gasteiger partial charge in [-0.3, -0.25) is 4.90 Å². The van der Waals surface area contributed by atoms with Crippen LogP contribution in [0.1, 0.15) is 13.8 Å². The largest absolute Gasteiger partial charge is 0.382 e. The van der Waals surface area contributed by atoms with Gasteiger partial charge in [0.05, 0.1) is 5.75 Å². The summed E-state index contributed by atoms with van der Waals surface area (Å²) in [6, 6.07) is 7.18. The summed E-state index contributed by atoms with van der Waals surface area (Å²) in [7, 11) is -2.99. The van der Waals surface area contributed by atoms with Crippen molar-refractivity contribution < 1.29 is 13.2 Å². The summed E-state index contributed by atoms with van der Waals surface area (Å²) in [6.07, 6.45) is 0. The first kappa shape index (κ1) is 15.6. The van der Waals surface area contributed by atoms with Crippen LogP contribution in [0.3, 0.4) is 0 Å². The second-order valence-corrected chi connectivity index (χ2v) is 7.57. The predicted octanol–water partition coefficient (Wildman–Crippen LogP) is 1.45. The van der Waals surface area contributed by atoms with Crippen LogP contribution in [0, 0.1) is 0 Å². The van der Waals surface area contributed by atoms with Gasteiger partial charge in [0.15, 0.2) is 9.84 Å². The Morgan fingerprint density at radius 3 is 2.52 bits per heavy atom. The van der Waals surface area contributed by atoms with Crippen molar-refractivity contribution in [2.75, 3.05) is 34.8 Å². The fourth-order valence-corrected chi connectivity index (χ4v) is 3.36. The zero-order valence-corrected chi connectivity index (χ0v) is 13.1. The summed E-state index contributed by atoms with van der Waals surface area (Å²) in [4.78, 5) is 13.2. The minimum Gasteiger partial charge on any atom is -0.382 e. The van der Waals surface area contributed by atoms with Gasteiger partial charge < -0.3 is 10.6 Å². The molecule has 0 saturated carbocycles. The number of carbonyl (C=O) groups is 1. The van der Waals surface area contributed by atoms with Gasteiger partial charge in [-0.05, 0) is 31.2 Å². The molecule has 1 atom stereocenters. The SMILES string of the molecule is CCS(=O)(=O)CC(C)Nc1ccc(N2CCNC2=O)cc1. The molecule has 0 bridgehead atoms. The third-order valence-electron chi connectivity index (χ3n) is 3.39. The normalized spacial score (nSPS) is 16.7. The first-order valence-electron chi connectivity index (χ1n) is 7.03. The van der Waals surface area contributed by atoms with Gasteiger partial charge in [-0.2, -0.15) is 0 Å². The van der Waals surface area contributed by atoms with E-state index in [4.69, 9.17) is 0 Å². The first-order valence-corrected chi connectivity index (χ1v) is 8.86. The van der Waals surface area contributed by atoms with Gasteiger partial charge in [-0.1, -0.05) is 6.92 Å². The van der Waals surface area contributed by atoms with Gasteiger partial charge in [-0.25, -0.2) is 13.2 Å². The standard InChI is InChI=1S/C14H21N3O3S/c1-3-21(19,20)10-11(2)16-12-4-6-13(7-5-12)17-9-8-15-14(17)18/h4-7,11,16H,3,8-10H2,1-2H3,(H,15,18). The molecule has 21 heavy (non-hydrogen) atoms. The van der Waals surface area contributed by atoms with E-state index in [1.54, 1.807) is 11.8 Å². The van der Waals surface area contributed by atoms with Crippen molar-refractivity contribution in [1.82, 2.24) is 5.32 Å². The van der Waals surface area contributed by atoms with Crippen LogP contribution in [0.4, 0.5) is 16.2 Å². The van der Waals surface area contributed by atoms with Crippen molar-refractivity contribution in [2.24, 2.45) is 0 Å². The van der Waals surface area contributed by atoms with E-state index in [0.29, 0.717) is 13.1 Å². The fraction of sp³-hybridized carbons (Fsp3) is 0.500. The molecule has 7 heteroatoms. The molecule has 1 heterocycles. The van der Waals surface area contributed by atoms with Crippen LogP contribution < -0.4 is 15.5 Å². The van der Waals surface area contributed by atoms with Crippen molar-refractivity contribution in [3.05, 3.63) is 24.3 Å². The second-order valence-electron chi connectivity index (χ2n) is 5.17. The zero-order chi connectivity index (χ0) is 15.5. The predicted molar refractivity (Wildman–Crippen MR) is 84.6 cm³/mol. The summed E-state index contributed by atoms with van der Waals surface area (Å²) in [5, 5.41) is 5.91. The lowest BCUT2D eigenvalue weighted by atomic mass is 10.2. The minimum absolute atomic E-state index is 0.0851. The molecule has 2 rings (SSSR count). The summed E-state index contributed by atoms with van der Waals surface area (Å²) in [5.41, 5.74) is 1.68. The van der Waals surface area contributed by atoms with Gasteiger partial charge in [-0.15, -0.1) is 0 Å². The Labute approximate surface area is 125 Å². The Morgan fingerprint density at radius 1 is 1.33 bits per heavy atom. The maximum atomic E-state index is 11.6. The molecule has 1 aromatic rings. The smallest absolute Gasteiger partial charge is 0.321 e. The van der Waals surface area contributed by atoms with E-state index in [-0.39, 0.29) is 23.6 Å². The van der Waals surface area contributed by atoms with Gasteiger partial charge in [0.1, 0.15) is 0 Å². The highest BCUT2D eigenvalue weighted by atomic mass is 32.2. The summed E-state index contributed by atoms with van der Waals surface area (Å²) < 4.78 is 23.1. The van der Waals surface area contributed by atoms with Crippen LogP contribution in [0.25, 0.3) is 0 Å². The lowest BCUT2D eigenvalue weighted by Gasteiger charge is -2.17. The number of urea groups is 1. The molecule has 2 amide bonds. The van der Waals surface area contributed by atoms with E-state index in [2.05, 4.69) is 10.6 Å². The van der Waals surface area contributed by atoms with Crippen molar-refractivity contribution >= 4 is 27.2 Å². The Morgan fingerprint density at radius 2 is 2.00 bits per heavy atom. The number of benzene rings is 1. The van der Waals surface area contributed by atoms with Crippen LogP contribution >= 0.6 is 0 Å². The Kier molecular flexibility index (Phi) is 4.72. The quantitative estimate of drug-likeness (QED) is 0.833. The molecule has 0 aromatic heterocycles. The summed E-state index contributed by atoms with van der Waals surface area (Å²) >= 11 is 0. The van der Waals surface area contributed by atoms with Crippen LogP contribution in [-0.2, 0) is 9.84 Å². The van der Waals surface area contributed by atoms with Crippen LogP contribution in [-0.4, -0.2) is 45.1 Å².